The lowest BCUT2D eigenvalue weighted by Crippen LogP contribution is -2.57. The van der Waals surface area contributed by atoms with Crippen molar-refractivity contribution in [3.05, 3.63) is 65.7 Å². The van der Waals surface area contributed by atoms with Crippen LogP contribution in [-0.2, 0) is 6.42 Å². The van der Waals surface area contributed by atoms with Crippen molar-refractivity contribution in [2.75, 3.05) is 5.32 Å². The molecule has 2 unspecified atom stereocenters. The van der Waals surface area contributed by atoms with Crippen LogP contribution in [0.3, 0.4) is 0 Å². The molecule has 1 aliphatic rings. The van der Waals surface area contributed by atoms with E-state index in [0.717, 1.165) is 12.8 Å². The molecular formula is C19H23NO. The number of para-hydroxylation sites is 1. The van der Waals surface area contributed by atoms with E-state index in [0.29, 0.717) is 6.04 Å². The minimum Gasteiger partial charge on any atom is -0.392 e. The van der Waals surface area contributed by atoms with Gasteiger partial charge in [0.05, 0.1) is 6.10 Å². The van der Waals surface area contributed by atoms with E-state index >= 15 is 0 Å². The topological polar surface area (TPSA) is 32.3 Å². The second kappa shape index (κ2) is 5.53. The highest BCUT2D eigenvalue weighted by Gasteiger charge is 2.47. The van der Waals surface area contributed by atoms with Gasteiger partial charge in [0.15, 0.2) is 0 Å². The third kappa shape index (κ3) is 2.81. The molecule has 1 fully saturated rings. The van der Waals surface area contributed by atoms with Crippen LogP contribution in [-0.4, -0.2) is 17.3 Å². The summed E-state index contributed by atoms with van der Waals surface area (Å²) in [5, 5.41) is 13.5. The van der Waals surface area contributed by atoms with Gasteiger partial charge in [-0.3, -0.25) is 0 Å². The largest absolute Gasteiger partial charge is 0.392 e. The molecule has 2 heteroatoms. The summed E-state index contributed by atoms with van der Waals surface area (Å²) in [6.07, 6.45) is 1.56. The van der Waals surface area contributed by atoms with Gasteiger partial charge in [0.2, 0.25) is 0 Å². The summed E-state index contributed by atoms with van der Waals surface area (Å²) in [6, 6.07) is 19.3. The molecule has 1 saturated carbocycles. The summed E-state index contributed by atoms with van der Waals surface area (Å²) in [7, 11) is 0. The summed E-state index contributed by atoms with van der Waals surface area (Å²) in [4.78, 5) is 0. The lowest BCUT2D eigenvalue weighted by molar-refractivity contribution is -0.0510. The monoisotopic (exact) mass is 281 g/mol. The molecule has 1 aliphatic carbocycles. The maximum absolute atomic E-state index is 9.89. The Morgan fingerprint density at radius 2 is 1.71 bits per heavy atom. The van der Waals surface area contributed by atoms with Gasteiger partial charge in [0, 0.05) is 17.1 Å². The average Bonchev–Trinajstić information content (AvgIpc) is 2.50. The summed E-state index contributed by atoms with van der Waals surface area (Å²) in [5.74, 6) is 0. The molecule has 2 N–H and O–H groups in total. The Kier molecular flexibility index (Phi) is 3.73. The van der Waals surface area contributed by atoms with Crippen molar-refractivity contribution in [2.45, 2.75) is 38.8 Å². The fourth-order valence-electron chi connectivity index (χ4n) is 2.97. The number of anilines is 1. The van der Waals surface area contributed by atoms with Crippen molar-refractivity contribution >= 4 is 5.69 Å². The van der Waals surface area contributed by atoms with Crippen LogP contribution < -0.4 is 5.32 Å². The zero-order chi connectivity index (χ0) is 14.9. The molecule has 3 rings (SSSR count). The van der Waals surface area contributed by atoms with Gasteiger partial charge in [-0.2, -0.15) is 0 Å². The number of aliphatic hydroxyl groups is 1. The molecule has 0 aromatic heterocycles. The number of nitrogens with one attached hydrogen (secondary N) is 1. The van der Waals surface area contributed by atoms with Gasteiger partial charge in [0.25, 0.3) is 0 Å². The van der Waals surface area contributed by atoms with Crippen molar-refractivity contribution in [3.8, 4) is 0 Å². The first-order chi connectivity index (χ1) is 10.1. The second-order valence-corrected chi connectivity index (χ2v) is 6.59. The minimum atomic E-state index is -0.198. The summed E-state index contributed by atoms with van der Waals surface area (Å²) >= 11 is 0. The molecule has 0 heterocycles. The molecule has 0 saturated heterocycles. The first-order valence-electron chi connectivity index (χ1n) is 7.64. The molecule has 0 bridgehead atoms. The Balaban J connectivity index is 1.77. The maximum Gasteiger partial charge on any atom is 0.0630 e. The van der Waals surface area contributed by atoms with Gasteiger partial charge >= 0.3 is 0 Å². The maximum atomic E-state index is 9.89. The molecule has 0 aliphatic heterocycles. The molecule has 2 aromatic carbocycles. The quantitative estimate of drug-likeness (QED) is 0.892. The van der Waals surface area contributed by atoms with E-state index in [9.17, 15) is 5.11 Å². The summed E-state index contributed by atoms with van der Waals surface area (Å²) in [6.45, 7) is 4.25. The van der Waals surface area contributed by atoms with Crippen LogP contribution in [0.15, 0.2) is 54.6 Å². The third-order valence-electron chi connectivity index (χ3n) is 4.80. The van der Waals surface area contributed by atoms with Crippen LogP contribution in [0.4, 0.5) is 5.69 Å². The van der Waals surface area contributed by atoms with Gasteiger partial charge in [0.1, 0.15) is 0 Å². The van der Waals surface area contributed by atoms with Gasteiger partial charge in [-0.15, -0.1) is 0 Å². The van der Waals surface area contributed by atoms with E-state index < -0.39 is 0 Å². The molecule has 110 valence electrons. The Morgan fingerprint density at radius 1 is 1.05 bits per heavy atom. The van der Waals surface area contributed by atoms with Crippen molar-refractivity contribution in [1.82, 2.24) is 0 Å². The Hall–Kier alpha value is -1.80. The van der Waals surface area contributed by atoms with E-state index in [4.69, 9.17) is 0 Å². The van der Waals surface area contributed by atoms with E-state index in [-0.39, 0.29) is 11.5 Å². The first-order valence-corrected chi connectivity index (χ1v) is 7.64. The minimum absolute atomic E-state index is 0.0557. The van der Waals surface area contributed by atoms with Crippen molar-refractivity contribution < 1.29 is 5.11 Å². The van der Waals surface area contributed by atoms with Crippen LogP contribution in [0, 0.1) is 5.41 Å². The van der Waals surface area contributed by atoms with Crippen LogP contribution >= 0.6 is 0 Å². The smallest absolute Gasteiger partial charge is 0.0630 e. The number of aliphatic hydroxyl groups excluding tert-OH is 1. The molecule has 0 spiro atoms. The highest BCUT2D eigenvalue weighted by molar-refractivity contribution is 5.54. The van der Waals surface area contributed by atoms with Crippen LogP contribution in [0.2, 0.25) is 0 Å². The molecular weight excluding hydrogens is 258 g/mol. The zero-order valence-electron chi connectivity index (χ0n) is 12.7. The Morgan fingerprint density at radius 3 is 2.38 bits per heavy atom. The SMILES string of the molecule is CC1(C)C(O)CC1Nc1ccccc1Cc1ccccc1. The fraction of sp³-hybridized carbons (Fsp3) is 0.368. The highest BCUT2D eigenvalue weighted by Crippen LogP contribution is 2.42. The van der Waals surface area contributed by atoms with E-state index in [2.05, 4.69) is 67.7 Å². The van der Waals surface area contributed by atoms with E-state index in [1.807, 2.05) is 6.07 Å². The van der Waals surface area contributed by atoms with Crippen LogP contribution in [0.25, 0.3) is 0 Å². The molecule has 2 atom stereocenters. The fourth-order valence-corrected chi connectivity index (χ4v) is 2.97. The molecule has 0 radical (unpaired) electrons. The van der Waals surface area contributed by atoms with Crippen molar-refractivity contribution in [1.29, 1.82) is 0 Å². The Labute approximate surface area is 126 Å². The number of rotatable bonds is 4. The van der Waals surface area contributed by atoms with E-state index in [1.165, 1.54) is 16.8 Å². The first kappa shape index (κ1) is 14.2. The number of hydrogen-bond acceptors (Lipinski definition) is 2. The Bertz CT molecular complexity index is 606. The van der Waals surface area contributed by atoms with Crippen LogP contribution in [0.5, 0.6) is 0 Å². The predicted octanol–water partition coefficient (Wildman–Crippen LogP) is 3.85. The van der Waals surface area contributed by atoms with Crippen molar-refractivity contribution in [2.24, 2.45) is 5.41 Å². The van der Waals surface area contributed by atoms with Gasteiger partial charge < -0.3 is 10.4 Å². The second-order valence-electron chi connectivity index (χ2n) is 6.59. The van der Waals surface area contributed by atoms with Crippen molar-refractivity contribution in [3.63, 3.8) is 0 Å². The molecule has 0 amide bonds. The summed E-state index contributed by atoms with van der Waals surface area (Å²) < 4.78 is 0. The molecule has 2 aromatic rings. The number of benzene rings is 2. The average molecular weight is 281 g/mol. The molecule has 2 nitrogen and oxygen atoms in total. The van der Waals surface area contributed by atoms with E-state index in [1.54, 1.807) is 0 Å². The normalized spacial score (nSPS) is 23.4. The third-order valence-corrected chi connectivity index (χ3v) is 4.80. The molecule has 21 heavy (non-hydrogen) atoms. The lowest BCUT2D eigenvalue weighted by atomic mass is 9.64. The van der Waals surface area contributed by atoms with Gasteiger partial charge in [-0.05, 0) is 30.0 Å². The number of hydrogen-bond donors (Lipinski definition) is 2. The van der Waals surface area contributed by atoms with Gasteiger partial charge in [-0.25, -0.2) is 0 Å². The zero-order valence-corrected chi connectivity index (χ0v) is 12.7. The standard InChI is InChI=1S/C19H23NO/c1-19(2)17(13-18(19)21)20-16-11-7-6-10-15(16)12-14-8-4-3-5-9-14/h3-11,17-18,20-21H,12-13H2,1-2H3. The highest BCUT2D eigenvalue weighted by atomic mass is 16.3. The van der Waals surface area contributed by atoms with Gasteiger partial charge in [-0.1, -0.05) is 62.4 Å². The lowest BCUT2D eigenvalue weighted by Gasteiger charge is -2.50. The summed E-state index contributed by atoms with van der Waals surface area (Å²) in [5.41, 5.74) is 3.76. The predicted molar refractivity (Wildman–Crippen MR) is 87.5 cm³/mol. The van der Waals surface area contributed by atoms with Crippen LogP contribution in [0.1, 0.15) is 31.4 Å².